The molecule has 1 N–H and O–H groups in total. The number of ether oxygens (including phenoxy) is 2. The van der Waals surface area contributed by atoms with Crippen LogP contribution in [0.4, 0.5) is 0 Å². The van der Waals surface area contributed by atoms with E-state index in [0.29, 0.717) is 19.3 Å². The molecule has 0 atom stereocenters. The minimum absolute atomic E-state index is 0.164. The number of rotatable bonds is 6. The van der Waals surface area contributed by atoms with Crippen molar-refractivity contribution in [3.05, 3.63) is 23.8 Å². The molecule has 142 valence electrons. The number of aryl methyl sites for hydroxylation is 1. The topological polar surface area (TPSA) is 50.8 Å². The second-order valence-corrected chi connectivity index (χ2v) is 7.98. The maximum absolute atomic E-state index is 12.3. The van der Waals surface area contributed by atoms with Crippen molar-refractivity contribution in [2.24, 2.45) is 5.92 Å². The Morgan fingerprint density at radius 2 is 1.85 bits per heavy atom. The van der Waals surface area contributed by atoms with E-state index in [4.69, 9.17) is 9.47 Å². The number of amides is 1. The van der Waals surface area contributed by atoms with Crippen LogP contribution in [0.15, 0.2) is 18.2 Å². The maximum Gasteiger partial charge on any atom is 0.231 e. The van der Waals surface area contributed by atoms with E-state index in [1.54, 1.807) is 0 Å². The third-order valence-corrected chi connectivity index (χ3v) is 6.02. The van der Waals surface area contributed by atoms with Gasteiger partial charge in [-0.2, -0.15) is 0 Å². The highest BCUT2D eigenvalue weighted by Gasteiger charge is 2.24. The van der Waals surface area contributed by atoms with Crippen LogP contribution in [0, 0.1) is 5.92 Å². The molecule has 1 amide bonds. The standard InChI is InChI=1S/C21H30N2O3/c24-21(8-6-16-5-7-19-20(13-16)26-15-25-19)22-18-9-11-23(12-10-18)14-17-3-1-2-4-17/h5,7,13,17-18H,1-4,6,8-12,14-15H2,(H,22,24). The molecular weight excluding hydrogens is 328 g/mol. The second-order valence-electron chi connectivity index (χ2n) is 7.98. The number of hydrogen-bond acceptors (Lipinski definition) is 4. The molecule has 0 spiro atoms. The van der Waals surface area contributed by atoms with Crippen molar-refractivity contribution >= 4 is 5.91 Å². The molecule has 1 saturated carbocycles. The largest absolute Gasteiger partial charge is 0.454 e. The molecular formula is C21H30N2O3. The van der Waals surface area contributed by atoms with Crippen LogP contribution in [0.2, 0.25) is 0 Å². The molecule has 3 aliphatic rings. The Labute approximate surface area is 156 Å². The molecule has 2 fully saturated rings. The van der Waals surface area contributed by atoms with Gasteiger partial charge < -0.3 is 19.7 Å². The van der Waals surface area contributed by atoms with Gasteiger partial charge in [-0.05, 0) is 55.7 Å². The highest BCUT2D eigenvalue weighted by atomic mass is 16.7. The van der Waals surface area contributed by atoms with Crippen molar-refractivity contribution < 1.29 is 14.3 Å². The molecule has 0 aromatic heterocycles. The van der Waals surface area contributed by atoms with Crippen LogP contribution < -0.4 is 14.8 Å². The third kappa shape index (κ3) is 4.50. The van der Waals surface area contributed by atoms with Gasteiger partial charge in [0.15, 0.2) is 11.5 Å². The van der Waals surface area contributed by atoms with Crippen LogP contribution in [0.1, 0.15) is 50.5 Å². The van der Waals surface area contributed by atoms with Crippen molar-refractivity contribution in [3.63, 3.8) is 0 Å². The quantitative estimate of drug-likeness (QED) is 0.849. The van der Waals surface area contributed by atoms with Gasteiger partial charge in [0.25, 0.3) is 0 Å². The summed E-state index contributed by atoms with van der Waals surface area (Å²) in [7, 11) is 0. The summed E-state index contributed by atoms with van der Waals surface area (Å²) in [5.74, 6) is 2.67. The zero-order valence-electron chi connectivity index (χ0n) is 15.5. The first-order valence-electron chi connectivity index (χ1n) is 10.2. The molecule has 5 nitrogen and oxygen atoms in total. The van der Waals surface area contributed by atoms with Gasteiger partial charge in [0.05, 0.1) is 0 Å². The van der Waals surface area contributed by atoms with Crippen molar-refractivity contribution in [1.82, 2.24) is 10.2 Å². The number of likely N-dealkylation sites (tertiary alicyclic amines) is 1. The summed E-state index contributed by atoms with van der Waals surface area (Å²) >= 11 is 0. The lowest BCUT2D eigenvalue weighted by atomic mass is 10.0. The first-order chi connectivity index (χ1) is 12.8. The smallest absolute Gasteiger partial charge is 0.231 e. The van der Waals surface area contributed by atoms with Gasteiger partial charge in [0.2, 0.25) is 12.7 Å². The molecule has 4 rings (SSSR count). The summed E-state index contributed by atoms with van der Waals surface area (Å²) in [4.78, 5) is 14.9. The molecule has 1 aliphatic carbocycles. The van der Waals surface area contributed by atoms with E-state index in [2.05, 4.69) is 10.2 Å². The fraction of sp³-hybridized carbons (Fsp3) is 0.667. The van der Waals surface area contributed by atoms with Gasteiger partial charge in [-0.15, -0.1) is 0 Å². The fourth-order valence-electron chi connectivity index (χ4n) is 4.47. The van der Waals surface area contributed by atoms with Crippen LogP contribution in [0.5, 0.6) is 11.5 Å². The van der Waals surface area contributed by atoms with Crippen LogP contribution in [0.3, 0.4) is 0 Å². The van der Waals surface area contributed by atoms with Gasteiger partial charge in [0.1, 0.15) is 0 Å². The highest BCUT2D eigenvalue weighted by molar-refractivity contribution is 5.76. The Morgan fingerprint density at radius 1 is 1.08 bits per heavy atom. The minimum Gasteiger partial charge on any atom is -0.454 e. The molecule has 1 aromatic carbocycles. The molecule has 2 aliphatic heterocycles. The zero-order valence-corrected chi connectivity index (χ0v) is 15.5. The van der Waals surface area contributed by atoms with E-state index in [9.17, 15) is 4.79 Å². The summed E-state index contributed by atoms with van der Waals surface area (Å²) < 4.78 is 10.7. The predicted octanol–water partition coefficient (Wildman–Crippen LogP) is 3.12. The number of piperidine rings is 1. The van der Waals surface area contributed by atoms with Gasteiger partial charge in [-0.3, -0.25) is 4.79 Å². The minimum atomic E-state index is 0.164. The van der Waals surface area contributed by atoms with E-state index in [1.165, 1.54) is 32.2 Å². The average Bonchev–Trinajstić information content (AvgIpc) is 3.33. The molecule has 2 heterocycles. The van der Waals surface area contributed by atoms with Crippen LogP contribution in [-0.2, 0) is 11.2 Å². The predicted molar refractivity (Wildman–Crippen MR) is 100 cm³/mol. The Balaban J connectivity index is 1.16. The van der Waals surface area contributed by atoms with E-state index in [0.717, 1.165) is 55.3 Å². The van der Waals surface area contributed by atoms with Crippen LogP contribution >= 0.6 is 0 Å². The van der Waals surface area contributed by atoms with Gasteiger partial charge in [0, 0.05) is 32.1 Å². The molecule has 26 heavy (non-hydrogen) atoms. The zero-order chi connectivity index (χ0) is 17.8. The Bertz CT molecular complexity index is 620. The number of hydrogen-bond donors (Lipinski definition) is 1. The first kappa shape index (κ1) is 17.7. The normalized spacial score (nSPS) is 21.2. The van der Waals surface area contributed by atoms with Crippen LogP contribution in [-0.4, -0.2) is 43.3 Å². The molecule has 0 bridgehead atoms. The number of carbonyl (C=O) groups is 1. The SMILES string of the molecule is O=C(CCc1ccc2c(c1)OCO2)NC1CCN(CC2CCCC2)CC1. The number of carbonyl (C=O) groups excluding carboxylic acids is 1. The van der Waals surface area contributed by atoms with Gasteiger partial charge in [-0.1, -0.05) is 18.9 Å². The van der Waals surface area contributed by atoms with E-state index in [1.807, 2.05) is 18.2 Å². The Morgan fingerprint density at radius 3 is 2.65 bits per heavy atom. The van der Waals surface area contributed by atoms with E-state index >= 15 is 0 Å². The van der Waals surface area contributed by atoms with E-state index < -0.39 is 0 Å². The molecule has 0 radical (unpaired) electrons. The Hall–Kier alpha value is -1.75. The Kier molecular flexibility index (Phi) is 5.63. The number of fused-ring (bicyclic) bond motifs is 1. The lowest BCUT2D eigenvalue weighted by molar-refractivity contribution is -0.122. The average molecular weight is 358 g/mol. The maximum atomic E-state index is 12.3. The van der Waals surface area contributed by atoms with Gasteiger partial charge in [-0.25, -0.2) is 0 Å². The van der Waals surface area contributed by atoms with Crippen molar-refractivity contribution in [3.8, 4) is 11.5 Å². The molecule has 1 saturated heterocycles. The van der Waals surface area contributed by atoms with E-state index in [-0.39, 0.29) is 5.91 Å². The summed E-state index contributed by atoms with van der Waals surface area (Å²) in [6.07, 6.45) is 9.10. The van der Waals surface area contributed by atoms with Crippen molar-refractivity contribution in [1.29, 1.82) is 0 Å². The number of nitrogens with one attached hydrogen (secondary N) is 1. The van der Waals surface area contributed by atoms with Crippen LogP contribution in [0.25, 0.3) is 0 Å². The first-order valence-corrected chi connectivity index (χ1v) is 10.2. The molecule has 5 heteroatoms. The lowest BCUT2D eigenvalue weighted by Gasteiger charge is -2.33. The summed E-state index contributed by atoms with van der Waals surface area (Å²) in [5.41, 5.74) is 1.12. The summed E-state index contributed by atoms with van der Waals surface area (Å²) in [6.45, 7) is 3.82. The third-order valence-electron chi connectivity index (χ3n) is 6.02. The van der Waals surface area contributed by atoms with Gasteiger partial charge >= 0.3 is 0 Å². The monoisotopic (exact) mass is 358 g/mol. The summed E-state index contributed by atoms with van der Waals surface area (Å²) in [6, 6.07) is 6.27. The highest BCUT2D eigenvalue weighted by Crippen LogP contribution is 2.32. The number of nitrogens with zero attached hydrogens (tertiary/aromatic N) is 1. The fourth-order valence-corrected chi connectivity index (χ4v) is 4.47. The molecule has 0 unspecified atom stereocenters. The lowest BCUT2D eigenvalue weighted by Crippen LogP contribution is -2.45. The van der Waals surface area contributed by atoms with Crippen molar-refractivity contribution in [2.45, 2.75) is 57.4 Å². The number of benzene rings is 1. The second kappa shape index (κ2) is 8.30. The molecule has 1 aromatic rings. The van der Waals surface area contributed by atoms with Crippen molar-refractivity contribution in [2.75, 3.05) is 26.4 Å². The summed E-state index contributed by atoms with van der Waals surface area (Å²) in [5, 5.41) is 3.23.